The molecule has 26 heavy (non-hydrogen) atoms. The summed E-state index contributed by atoms with van der Waals surface area (Å²) >= 11 is 6.07. The smallest absolute Gasteiger partial charge is 0.319 e. The Morgan fingerprint density at radius 2 is 2.00 bits per heavy atom. The van der Waals surface area contributed by atoms with Gasteiger partial charge in [-0.1, -0.05) is 24.4 Å². The van der Waals surface area contributed by atoms with E-state index in [0.717, 1.165) is 41.3 Å². The molecule has 1 aliphatic rings. The van der Waals surface area contributed by atoms with Crippen LogP contribution in [0.15, 0.2) is 24.4 Å². The SMILES string of the molecule is COc1nc(Cl)cc(-n2ncc3cc(C)c(C4CCCCC4F)cc32)n1. The van der Waals surface area contributed by atoms with Crippen LogP contribution in [-0.4, -0.2) is 33.0 Å². The van der Waals surface area contributed by atoms with E-state index < -0.39 is 6.17 Å². The Kier molecular flexibility index (Phi) is 4.53. The number of hydrogen-bond acceptors (Lipinski definition) is 4. The summed E-state index contributed by atoms with van der Waals surface area (Å²) in [5.74, 6) is 0.465. The van der Waals surface area contributed by atoms with Crippen molar-refractivity contribution in [1.29, 1.82) is 0 Å². The van der Waals surface area contributed by atoms with Crippen molar-refractivity contribution in [3.8, 4) is 11.8 Å². The Hall–Kier alpha value is -2.21. The minimum Gasteiger partial charge on any atom is -0.467 e. The van der Waals surface area contributed by atoms with Crippen LogP contribution in [0.5, 0.6) is 6.01 Å². The average molecular weight is 375 g/mol. The highest BCUT2D eigenvalue weighted by molar-refractivity contribution is 6.29. The molecule has 0 aliphatic heterocycles. The van der Waals surface area contributed by atoms with Crippen LogP contribution in [-0.2, 0) is 0 Å². The van der Waals surface area contributed by atoms with Gasteiger partial charge in [-0.05, 0) is 43.0 Å². The van der Waals surface area contributed by atoms with E-state index >= 15 is 0 Å². The van der Waals surface area contributed by atoms with Crippen molar-refractivity contribution in [2.75, 3.05) is 7.11 Å². The molecule has 7 heteroatoms. The average Bonchev–Trinajstić information content (AvgIpc) is 3.03. The number of halogens is 2. The molecule has 0 spiro atoms. The van der Waals surface area contributed by atoms with Crippen molar-refractivity contribution < 1.29 is 9.13 Å². The highest BCUT2D eigenvalue weighted by Crippen LogP contribution is 2.38. The van der Waals surface area contributed by atoms with Gasteiger partial charge in [-0.2, -0.15) is 15.1 Å². The number of aryl methyl sites for hydroxylation is 1. The Bertz CT molecular complexity index is 958. The number of aromatic nitrogens is 4. The fraction of sp³-hybridized carbons (Fsp3) is 0.421. The topological polar surface area (TPSA) is 52.8 Å². The minimum absolute atomic E-state index is 0.0555. The van der Waals surface area contributed by atoms with Crippen LogP contribution in [0.1, 0.15) is 42.7 Å². The first kappa shape index (κ1) is 17.2. The van der Waals surface area contributed by atoms with Crippen LogP contribution in [0, 0.1) is 6.92 Å². The Labute approximate surface area is 156 Å². The molecule has 3 aromatic rings. The maximum atomic E-state index is 14.5. The number of fused-ring (bicyclic) bond motifs is 1. The lowest BCUT2D eigenvalue weighted by molar-refractivity contribution is 0.216. The van der Waals surface area contributed by atoms with E-state index in [0.29, 0.717) is 12.2 Å². The summed E-state index contributed by atoms with van der Waals surface area (Å²) < 4.78 is 21.3. The number of nitrogens with zero attached hydrogens (tertiary/aromatic N) is 4. The van der Waals surface area contributed by atoms with Gasteiger partial charge in [0.25, 0.3) is 0 Å². The zero-order chi connectivity index (χ0) is 18.3. The van der Waals surface area contributed by atoms with Gasteiger partial charge in [0.05, 0.1) is 18.8 Å². The third kappa shape index (κ3) is 3.03. The van der Waals surface area contributed by atoms with Crippen LogP contribution < -0.4 is 4.74 Å². The number of rotatable bonds is 3. The second-order valence-corrected chi connectivity index (χ2v) is 7.15. The molecule has 2 heterocycles. The van der Waals surface area contributed by atoms with Gasteiger partial charge in [-0.3, -0.25) is 0 Å². The fourth-order valence-corrected chi connectivity index (χ4v) is 3.98. The molecule has 2 unspecified atom stereocenters. The lowest BCUT2D eigenvalue weighted by Gasteiger charge is -2.27. The van der Waals surface area contributed by atoms with E-state index in [9.17, 15) is 4.39 Å². The third-order valence-electron chi connectivity index (χ3n) is 5.10. The first-order valence-corrected chi connectivity index (χ1v) is 9.16. The molecule has 5 nitrogen and oxygen atoms in total. The quantitative estimate of drug-likeness (QED) is 0.619. The maximum absolute atomic E-state index is 14.5. The van der Waals surface area contributed by atoms with Gasteiger partial charge >= 0.3 is 6.01 Å². The molecule has 2 aromatic heterocycles. The summed E-state index contributed by atoms with van der Waals surface area (Å²) in [6, 6.07) is 5.92. The van der Waals surface area contributed by atoms with Crippen molar-refractivity contribution >= 4 is 22.5 Å². The zero-order valence-electron chi connectivity index (χ0n) is 14.7. The van der Waals surface area contributed by atoms with Crippen molar-refractivity contribution in [3.63, 3.8) is 0 Å². The summed E-state index contributed by atoms with van der Waals surface area (Å²) in [6.07, 6.45) is 4.55. The molecule has 1 fully saturated rings. The fourth-order valence-electron chi connectivity index (χ4n) is 3.81. The van der Waals surface area contributed by atoms with Crippen LogP contribution in [0.25, 0.3) is 16.7 Å². The molecule has 0 amide bonds. The highest BCUT2D eigenvalue weighted by atomic mass is 35.5. The number of ether oxygens (including phenoxy) is 1. The van der Waals surface area contributed by atoms with Gasteiger partial charge in [0, 0.05) is 17.4 Å². The van der Waals surface area contributed by atoms with Gasteiger partial charge in [-0.15, -0.1) is 0 Å². The van der Waals surface area contributed by atoms with E-state index in [1.165, 1.54) is 7.11 Å². The molecular formula is C19H20ClFN4O. The lowest BCUT2D eigenvalue weighted by Crippen LogP contribution is -2.19. The summed E-state index contributed by atoms with van der Waals surface area (Å²) in [5.41, 5.74) is 3.03. The van der Waals surface area contributed by atoms with Crippen LogP contribution in [0.3, 0.4) is 0 Å². The minimum atomic E-state index is -0.787. The predicted molar refractivity (Wildman–Crippen MR) is 99.1 cm³/mol. The van der Waals surface area contributed by atoms with Gasteiger partial charge in [0.15, 0.2) is 5.82 Å². The molecule has 0 saturated heterocycles. The third-order valence-corrected chi connectivity index (χ3v) is 5.29. The number of methoxy groups -OCH3 is 1. The van der Waals surface area contributed by atoms with Gasteiger partial charge < -0.3 is 4.74 Å². The Morgan fingerprint density at radius 3 is 2.77 bits per heavy atom. The largest absolute Gasteiger partial charge is 0.467 e. The number of hydrogen-bond donors (Lipinski definition) is 0. The Balaban J connectivity index is 1.85. The van der Waals surface area contributed by atoms with Gasteiger partial charge in [0.1, 0.15) is 11.3 Å². The lowest BCUT2D eigenvalue weighted by atomic mass is 9.80. The molecule has 4 rings (SSSR count). The molecular weight excluding hydrogens is 355 g/mol. The number of alkyl halides is 1. The molecule has 0 bridgehead atoms. The molecule has 0 N–H and O–H groups in total. The normalized spacial score (nSPS) is 20.5. The molecule has 2 atom stereocenters. The predicted octanol–water partition coefficient (Wildman–Crippen LogP) is 4.78. The molecule has 1 aliphatic carbocycles. The van der Waals surface area contributed by atoms with Crippen molar-refractivity contribution in [2.24, 2.45) is 0 Å². The standard InChI is InChI=1S/C19H20ClFN4O/c1-11-7-12-10-22-25(18-9-17(20)23-19(24-18)26-2)16(12)8-14(11)13-5-3-4-6-15(13)21/h7-10,13,15H,3-6H2,1-2H3. The van der Waals surface area contributed by atoms with E-state index in [-0.39, 0.29) is 17.1 Å². The summed E-state index contributed by atoms with van der Waals surface area (Å²) in [5, 5.41) is 5.70. The molecule has 1 saturated carbocycles. The molecule has 1 aromatic carbocycles. The molecule has 136 valence electrons. The van der Waals surface area contributed by atoms with E-state index in [1.807, 2.05) is 13.0 Å². The van der Waals surface area contributed by atoms with Crippen LogP contribution >= 0.6 is 11.6 Å². The van der Waals surface area contributed by atoms with E-state index in [2.05, 4.69) is 21.1 Å². The second-order valence-electron chi connectivity index (χ2n) is 6.77. The van der Waals surface area contributed by atoms with Crippen molar-refractivity contribution in [2.45, 2.75) is 44.7 Å². The molecule has 0 radical (unpaired) electrons. The van der Waals surface area contributed by atoms with Crippen LogP contribution in [0.2, 0.25) is 5.15 Å². The van der Waals surface area contributed by atoms with Crippen molar-refractivity contribution in [1.82, 2.24) is 19.7 Å². The van der Waals surface area contributed by atoms with E-state index in [4.69, 9.17) is 16.3 Å². The summed E-state index contributed by atoms with van der Waals surface area (Å²) in [6.45, 7) is 2.04. The van der Waals surface area contributed by atoms with Gasteiger partial charge in [0.2, 0.25) is 0 Å². The zero-order valence-corrected chi connectivity index (χ0v) is 15.5. The maximum Gasteiger partial charge on any atom is 0.319 e. The Morgan fingerprint density at radius 1 is 1.19 bits per heavy atom. The van der Waals surface area contributed by atoms with Gasteiger partial charge in [-0.25, -0.2) is 9.07 Å². The number of benzene rings is 1. The highest BCUT2D eigenvalue weighted by Gasteiger charge is 2.28. The van der Waals surface area contributed by atoms with Crippen molar-refractivity contribution in [3.05, 3.63) is 40.7 Å². The first-order valence-electron chi connectivity index (χ1n) is 8.78. The first-order chi connectivity index (χ1) is 12.6. The van der Waals surface area contributed by atoms with Crippen LogP contribution in [0.4, 0.5) is 4.39 Å². The second kappa shape index (κ2) is 6.83. The van der Waals surface area contributed by atoms with E-state index in [1.54, 1.807) is 16.9 Å². The summed E-state index contributed by atoms with van der Waals surface area (Å²) in [7, 11) is 1.49. The summed E-state index contributed by atoms with van der Waals surface area (Å²) in [4.78, 5) is 8.33. The monoisotopic (exact) mass is 374 g/mol.